The fourth-order valence-electron chi connectivity index (χ4n) is 4.88. The number of carbonyl (C=O) groups is 1. The third-order valence-corrected chi connectivity index (χ3v) is 6.43. The number of anilines is 1. The summed E-state index contributed by atoms with van der Waals surface area (Å²) < 4.78 is 0. The molecule has 8 nitrogen and oxygen atoms in total. The number of aromatic nitrogens is 3. The molecule has 0 radical (unpaired) electrons. The lowest BCUT2D eigenvalue weighted by Gasteiger charge is -2.60. The highest BCUT2D eigenvalue weighted by Crippen LogP contribution is 2.53. The molecule has 5 rings (SSSR count). The minimum Gasteiger partial charge on any atom is -0.360 e. The molecule has 2 saturated heterocycles. The van der Waals surface area contributed by atoms with Crippen molar-refractivity contribution in [2.45, 2.75) is 44.2 Å². The van der Waals surface area contributed by atoms with Crippen LogP contribution >= 0.6 is 0 Å². The SMILES string of the molecule is Cc1ccc(NC(=O)N2C3CCCC2(c2ncccn2)C3)cc1C(=N)N=Cc1ccc[nH]1.[HH]. The average Bonchev–Trinajstić information content (AvgIpc) is 3.33. The Kier molecular flexibility index (Phi) is 5.05. The number of benzene rings is 1. The van der Waals surface area contributed by atoms with Gasteiger partial charge in [-0.15, -0.1) is 0 Å². The number of aryl methyl sites for hydroxylation is 1. The molecule has 2 amide bonds. The van der Waals surface area contributed by atoms with Gasteiger partial charge in [-0.1, -0.05) is 6.07 Å². The standard InChI is InChI=1S/C24H25N7O.H2/c1-16-7-8-17(13-20(16)21(25)29-15-18-5-3-10-26-18)30-23(32)31-19-6-2-9-24(31,14-19)22-27-11-4-12-28-22;/h3-5,7-8,10-13,15,19,25-26H,2,6,9,14H2,1H3,(H,30,32);1H. The molecule has 3 N–H and O–H groups in total. The van der Waals surface area contributed by atoms with Crippen LogP contribution in [-0.2, 0) is 5.54 Å². The van der Waals surface area contributed by atoms with Crippen molar-refractivity contribution in [3.63, 3.8) is 0 Å². The van der Waals surface area contributed by atoms with Crippen LogP contribution in [0.3, 0.4) is 0 Å². The maximum atomic E-state index is 13.3. The summed E-state index contributed by atoms with van der Waals surface area (Å²) in [6, 6.07) is 11.2. The predicted molar refractivity (Wildman–Crippen MR) is 125 cm³/mol. The Labute approximate surface area is 187 Å². The number of hydrogen-bond acceptors (Lipinski definition) is 4. The van der Waals surface area contributed by atoms with Gasteiger partial charge in [-0.2, -0.15) is 0 Å². The molecule has 3 aromatic rings. The number of nitrogens with zero attached hydrogens (tertiary/aromatic N) is 4. The van der Waals surface area contributed by atoms with E-state index >= 15 is 0 Å². The van der Waals surface area contributed by atoms with Gasteiger partial charge in [0.1, 0.15) is 5.54 Å². The summed E-state index contributed by atoms with van der Waals surface area (Å²) in [4.78, 5) is 31.5. The number of nitrogens with one attached hydrogen (secondary N) is 3. The molecule has 2 unspecified atom stereocenters. The third-order valence-electron chi connectivity index (χ3n) is 6.43. The van der Waals surface area contributed by atoms with E-state index in [1.165, 1.54) is 0 Å². The lowest BCUT2D eigenvalue weighted by atomic mass is 9.67. The van der Waals surface area contributed by atoms with Gasteiger partial charge in [0.15, 0.2) is 11.7 Å². The van der Waals surface area contributed by atoms with Gasteiger partial charge < -0.3 is 15.2 Å². The first-order valence-corrected chi connectivity index (χ1v) is 10.8. The summed E-state index contributed by atoms with van der Waals surface area (Å²) in [7, 11) is 0. The Morgan fingerprint density at radius 3 is 2.94 bits per heavy atom. The predicted octanol–water partition coefficient (Wildman–Crippen LogP) is 4.49. The molecule has 2 aliphatic rings. The molecule has 2 atom stereocenters. The maximum absolute atomic E-state index is 13.3. The van der Waals surface area contributed by atoms with Gasteiger partial charge in [0.25, 0.3) is 0 Å². The Balaban J connectivity index is 0.00000259. The zero-order valence-electron chi connectivity index (χ0n) is 17.9. The second-order valence-electron chi connectivity index (χ2n) is 8.42. The summed E-state index contributed by atoms with van der Waals surface area (Å²) in [6.07, 6.45) is 10.8. The van der Waals surface area contributed by atoms with E-state index in [-0.39, 0.29) is 19.3 Å². The van der Waals surface area contributed by atoms with Crippen molar-refractivity contribution < 1.29 is 6.22 Å². The number of fused-ring (bicyclic) bond motifs is 2. The normalized spacial score (nSPS) is 21.9. The lowest BCUT2D eigenvalue weighted by Crippen LogP contribution is -2.69. The minimum absolute atomic E-state index is 0. The number of carbonyl (C=O) groups excluding carboxylic acids is 1. The molecule has 164 valence electrons. The molecule has 1 aromatic carbocycles. The molecule has 2 bridgehead atoms. The van der Waals surface area contributed by atoms with Crippen molar-refractivity contribution in [2.75, 3.05) is 5.32 Å². The molecular formula is C24H27N7O. The van der Waals surface area contributed by atoms with Crippen molar-refractivity contribution in [1.82, 2.24) is 19.9 Å². The zero-order valence-corrected chi connectivity index (χ0v) is 17.9. The summed E-state index contributed by atoms with van der Waals surface area (Å²) in [5.74, 6) is 0.860. The van der Waals surface area contributed by atoms with Crippen molar-refractivity contribution in [1.29, 1.82) is 5.41 Å². The number of aromatic amines is 1. The Bertz CT molecular complexity index is 1170. The van der Waals surface area contributed by atoms with Crippen LogP contribution in [-0.4, -0.2) is 44.0 Å². The summed E-state index contributed by atoms with van der Waals surface area (Å²) in [6.45, 7) is 1.93. The maximum Gasteiger partial charge on any atom is 0.322 e. The first-order valence-electron chi connectivity index (χ1n) is 10.8. The van der Waals surface area contributed by atoms with Gasteiger partial charge in [-0.3, -0.25) is 5.41 Å². The number of piperidine rings is 1. The fourth-order valence-corrected chi connectivity index (χ4v) is 4.88. The van der Waals surface area contributed by atoms with Crippen molar-refractivity contribution in [2.24, 2.45) is 4.99 Å². The van der Waals surface area contributed by atoms with Crippen molar-refractivity contribution >= 4 is 23.8 Å². The van der Waals surface area contributed by atoms with E-state index in [2.05, 4.69) is 25.3 Å². The molecule has 0 saturated carbocycles. The van der Waals surface area contributed by atoms with Gasteiger partial charge >= 0.3 is 6.03 Å². The number of rotatable bonds is 4. The lowest BCUT2D eigenvalue weighted by molar-refractivity contribution is -0.0808. The van der Waals surface area contributed by atoms with E-state index < -0.39 is 5.54 Å². The zero-order chi connectivity index (χ0) is 22.1. The van der Waals surface area contributed by atoms with Crippen LogP contribution in [0.1, 0.15) is 49.8 Å². The largest absolute Gasteiger partial charge is 0.360 e. The van der Waals surface area contributed by atoms with E-state index in [0.717, 1.165) is 42.8 Å². The number of urea groups is 1. The van der Waals surface area contributed by atoms with Crippen molar-refractivity contribution in [3.05, 3.63) is 77.6 Å². The Hall–Kier alpha value is -3.81. The molecule has 0 aliphatic carbocycles. The number of H-pyrrole nitrogens is 1. The summed E-state index contributed by atoms with van der Waals surface area (Å²) in [5.41, 5.74) is 2.65. The minimum atomic E-state index is -0.422. The number of amides is 2. The van der Waals surface area contributed by atoms with Gasteiger partial charge in [-0.25, -0.2) is 19.8 Å². The number of amidine groups is 1. The molecule has 2 aliphatic heterocycles. The molecule has 0 spiro atoms. The highest BCUT2D eigenvalue weighted by atomic mass is 16.2. The second kappa shape index (κ2) is 8.03. The average molecular weight is 430 g/mol. The number of hydrogen-bond donors (Lipinski definition) is 3. The van der Waals surface area contributed by atoms with E-state index in [4.69, 9.17) is 5.41 Å². The van der Waals surface area contributed by atoms with Crippen LogP contribution in [0.2, 0.25) is 0 Å². The van der Waals surface area contributed by atoms with E-state index in [0.29, 0.717) is 11.3 Å². The highest BCUT2D eigenvalue weighted by molar-refractivity contribution is 6.05. The summed E-state index contributed by atoms with van der Waals surface area (Å²) >= 11 is 0. The van der Waals surface area contributed by atoms with Crippen LogP contribution in [0.15, 0.2) is 60.0 Å². The molecule has 4 heterocycles. The van der Waals surface area contributed by atoms with E-state index in [9.17, 15) is 4.79 Å². The molecule has 32 heavy (non-hydrogen) atoms. The first kappa shape index (κ1) is 20.1. The molecular weight excluding hydrogens is 402 g/mol. The van der Waals surface area contributed by atoms with Crippen LogP contribution in [0.25, 0.3) is 0 Å². The Morgan fingerprint density at radius 1 is 1.34 bits per heavy atom. The van der Waals surface area contributed by atoms with Crippen molar-refractivity contribution in [3.8, 4) is 0 Å². The van der Waals surface area contributed by atoms with Gasteiger partial charge in [0.2, 0.25) is 0 Å². The van der Waals surface area contributed by atoms with Gasteiger partial charge in [0.05, 0.1) is 11.9 Å². The molecule has 2 fully saturated rings. The molecule has 8 heteroatoms. The van der Waals surface area contributed by atoms with Crippen LogP contribution in [0, 0.1) is 12.3 Å². The van der Waals surface area contributed by atoms with Crippen LogP contribution < -0.4 is 5.32 Å². The van der Waals surface area contributed by atoms with Gasteiger partial charge in [-0.05, 0) is 68.5 Å². The van der Waals surface area contributed by atoms with Crippen LogP contribution in [0.4, 0.5) is 10.5 Å². The van der Waals surface area contributed by atoms with E-state index in [1.54, 1.807) is 24.7 Å². The second-order valence-corrected chi connectivity index (χ2v) is 8.42. The number of aliphatic imine (C=N–C) groups is 1. The quantitative estimate of drug-likeness (QED) is 0.420. The highest BCUT2D eigenvalue weighted by Gasteiger charge is 2.59. The third kappa shape index (κ3) is 3.47. The monoisotopic (exact) mass is 429 g/mol. The van der Waals surface area contributed by atoms with Gasteiger partial charge in [0, 0.05) is 37.3 Å². The Morgan fingerprint density at radius 2 is 2.19 bits per heavy atom. The summed E-state index contributed by atoms with van der Waals surface area (Å²) in [5, 5.41) is 11.4. The smallest absolute Gasteiger partial charge is 0.322 e. The molecule has 2 aromatic heterocycles. The van der Waals surface area contributed by atoms with E-state index in [1.807, 2.05) is 48.4 Å². The topological polar surface area (TPSA) is 110 Å². The van der Waals surface area contributed by atoms with Crippen LogP contribution in [0.5, 0.6) is 0 Å². The fraction of sp³-hybridized carbons (Fsp3) is 0.292. The first-order chi connectivity index (χ1) is 15.6.